The second kappa shape index (κ2) is 5.77. The first kappa shape index (κ1) is 15.4. The van der Waals surface area contributed by atoms with Gasteiger partial charge in [-0.25, -0.2) is 24.0 Å². The van der Waals surface area contributed by atoms with Crippen molar-refractivity contribution in [3.8, 4) is 0 Å². The Balaban J connectivity index is 2.21. The molecule has 4 N–H and O–H groups in total. The number of hydrazine groups is 1. The normalized spacial score (nSPS) is 11.5. The molecule has 2 aromatic rings. The third kappa shape index (κ3) is 3.36. The van der Waals surface area contributed by atoms with Crippen molar-refractivity contribution >= 4 is 32.0 Å². The van der Waals surface area contributed by atoms with Crippen molar-refractivity contribution in [2.45, 2.75) is 17.7 Å². The van der Waals surface area contributed by atoms with Gasteiger partial charge in [0, 0.05) is 6.07 Å². The SMILES string of the molecule is Cc1cnc(CNS(=O)(=O)c2cc([N+](=O)[O-])c(NN)s2)o1. The van der Waals surface area contributed by atoms with Crippen LogP contribution >= 0.6 is 11.3 Å². The molecule has 0 spiro atoms. The molecule has 10 nitrogen and oxygen atoms in total. The van der Waals surface area contributed by atoms with E-state index in [2.05, 4.69) is 15.1 Å². The van der Waals surface area contributed by atoms with E-state index in [1.54, 1.807) is 6.92 Å². The van der Waals surface area contributed by atoms with Gasteiger partial charge in [-0.15, -0.1) is 0 Å². The largest absolute Gasteiger partial charge is 0.445 e. The molecule has 0 aliphatic heterocycles. The lowest BCUT2D eigenvalue weighted by molar-refractivity contribution is -0.383. The fraction of sp³-hybridized carbons (Fsp3) is 0.222. The van der Waals surface area contributed by atoms with E-state index in [4.69, 9.17) is 10.3 Å². The van der Waals surface area contributed by atoms with Gasteiger partial charge in [-0.05, 0) is 6.92 Å². The average Bonchev–Trinajstić information content (AvgIpc) is 3.02. The summed E-state index contributed by atoms with van der Waals surface area (Å²) >= 11 is 0.656. The number of aromatic nitrogens is 1. The van der Waals surface area contributed by atoms with E-state index in [0.29, 0.717) is 17.1 Å². The van der Waals surface area contributed by atoms with Crippen LogP contribution in [-0.4, -0.2) is 18.3 Å². The van der Waals surface area contributed by atoms with Crippen LogP contribution in [0.1, 0.15) is 11.7 Å². The molecule has 0 saturated heterocycles. The summed E-state index contributed by atoms with van der Waals surface area (Å²) in [5.41, 5.74) is 1.69. The maximum Gasteiger partial charge on any atom is 0.306 e. The lowest BCUT2D eigenvalue weighted by atomic mass is 10.5. The van der Waals surface area contributed by atoms with E-state index in [-0.39, 0.29) is 21.6 Å². The summed E-state index contributed by atoms with van der Waals surface area (Å²) < 4.78 is 31.3. The lowest BCUT2D eigenvalue weighted by Gasteiger charge is -2.01. The molecule has 2 aromatic heterocycles. The third-order valence-corrected chi connectivity index (χ3v) is 5.30. The summed E-state index contributed by atoms with van der Waals surface area (Å²) in [7, 11) is -3.93. The molecular formula is C9H11N5O5S2. The van der Waals surface area contributed by atoms with Crippen LogP contribution in [0.5, 0.6) is 0 Å². The van der Waals surface area contributed by atoms with Gasteiger partial charge in [-0.1, -0.05) is 11.3 Å². The van der Waals surface area contributed by atoms with Gasteiger partial charge < -0.3 is 9.84 Å². The second-order valence-electron chi connectivity index (χ2n) is 3.87. The minimum Gasteiger partial charge on any atom is -0.445 e. The Kier molecular flexibility index (Phi) is 4.22. The quantitative estimate of drug-likeness (QED) is 0.397. The minimum atomic E-state index is -3.93. The third-order valence-electron chi connectivity index (χ3n) is 2.37. The number of aryl methyl sites for hydroxylation is 1. The van der Waals surface area contributed by atoms with Gasteiger partial charge in [0.15, 0.2) is 5.00 Å². The number of hydrogen-bond acceptors (Lipinski definition) is 9. The summed E-state index contributed by atoms with van der Waals surface area (Å²) in [6.45, 7) is 1.51. The minimum absolute atomic E-state index is 0.0488. The molecule has 12 heteroatoms. The number of nitro groups is 1. The van der Waals surface area contributed by atoms with Crippen LogP contribution in [0.15, 0.2) is 20.9 Å². The Morgan fingerprint density at radius 1 is 1.57 bits per heavy atom. The van der Waals surface area contributed by atoms with Crippen molar-refractivity contribution in [1.82, 2.24) is 9.71 Å². The molecule has 0 unspecified atom stereocenters. The molecule has 0 fully saturated rings. The van der Waals surface area contributed by atoms with Gasteiger partial charge in [0.1, 0.15) is 9.97 Å². The van der Waals surface area contributed by atoms with Crippen LogP contribution in [0.3, 0.4) is 0 Å². The zero-order valence-electron chi connectivity index (χ0n) is 10.7. The summed E-state index contributed by atoms with van der Waals surface area (Å²) in [5.74, 6) is 5.87. The van der Waals surface area contributed by atoms with Crippen LogP contribution in [0, 0.1) is 17.0 Å². The van der Waals surface area contributed by atoms with E-state index < -0.39 is 20.6 Å². The highest BCUT2D eigenvalue weighted by atomic mass is 32.2. The molecule has 0 aliphatic carbocycles. The number of oxazole rings is 1. The number of anilines is 1. The Hall–Kier alpha value is -2.02. The van der Waals surface area contributed by atoms with E-state index in [9.17, 15) is 18.5 Å². The van der Waals surface area contributed by atoms with Crippen LogP contribution in [0.2, 0.25) is 0 Å². The number of thiophene rings is 1. The Morgan fingerprint density at radius 3 is 2.76 bits per heavy atom. The van der Waals surface area contributed by atoms with Crippen LogP contribution in [-0.2, 0) is 16.6 Å². The van der Waals surface area contributed by atoms with Gasteiger partial charge in [0.25, 0.3) is 10.0 Å². The molecule has 0 bridgehead atoms. The molecule has 2 heterocycles. The van der Waals surface area contributed by atoms with E-state index in [0.717, 1.165) is 6.07 Å². The molecular weight excluding hydrogens is 322 g/mol. The zero-order chi connectivity index (χ0) is 15.6. The second-order valence-corrected chi connectivity index (χ2v) is 6.92. The van der Waals surface area contributed by atoms with Crippen molar-refractivity contribution in [2.75, 3.05) is 5.43 Å². The highest BCUT2D eigenvalue weighted by molar-refractivity contribution is 7.91. The van der Waals surface area contributed by atoms with Crippen molar-refractivity contribution in [3.05, 3.63) is 34.0 Å². The summed E-state index contributed by atoms with van der Waals surface area (Å²) in [4.78, 5) is 13.9. The first-order valence-electron chi connectivity index (χ1n) is 5.49. The number of nitrogens with zero attached hydrogens (tertiary/aromatic N) is 2. The number of sulfonamides is 1. The van der Waals surface area contributed by atoms with Gasteiger partial charge >= 0.3 is 5.69 Å². The standard InChI is InChI=1S/C9H11N5O5S2/c1-5-3-11-7(19-5)4-12-21(17,18)8-2-6(14(15)16)9(13-10)20-8/h2-3,12-13H,4,10H2,1H3. The zero-order valence-corrected chi connectivity index (χ0v) is 12.3. The molecule has 0 radical (unpaired) electrons. The highest BCUT2D eigenvalue weighted by Crippen LogP contribution is 2.36. The Morgan fingerprint density at radius 2 is 2.29 bits per heavy atom. The molecule has 21 heavy (non-hydrogen) atoms. The van der Waals surface area contributed by atoms with Crippen molar-refractivity contribution in [1.29, 1.82) is 0 Å². The molecule has 0 saturated carbocycles. The number of hydrogen-bond donors (Lipinski definition) is 3. The Bertz CT molecular complexity index is 765. The van der Waals surface area contributed by atoms with Crippen LogP contribution in [0.4, 0.5) is 10.7 Å². The van der Waals surface area contributed by atoms with Crippen molar-refractivity contribution < 1.29 is 17.8 Å². The first-order chi connectivity index (χ1) is 9.83. The first-order valence-corrected chi connectivity index (χ1v) is 7.79. The number of nitrogen functional groups attached to an aromatic ring is 1. The smallest absolute Gasteiger partial charge is 0.306 e. The van der Waals surface area contributed by atoms with Gasteiger partial charge in [0.05, 0.1) is 17.7 Å². The molecule has 0 amide bonds. The highest BCUT2D eigenvalue weighted by Gasteiger charge is 2.26. The van der Waals surface area contributed by atoms with Crippen LogP contribution in [0.25, 0.3) is 0 Å². The maximum atomic E-state index is 12.1. The number of rotatable bonds is 6. The van der Waals surface area contributed by atoms with E-state index in [1.165, 1.54) is 6.20 Å². The number of nitrogens with one attached hydrogen (secondary N) is 2. The molecule has 114 valence electrons. The van der Waals surface area contributed by atoms with Gasteiger partial charge in [-0.2, -0.15) is 0 Å². The predicted molar refractivity (Wildman–Crippen MR) is 74.0 cm³/mol. The fourth-order valence-corrected chi connectivity index (χ4v) is 3.70. The van der Waals surface area contributed by atoms with E-state index in [1.807, 2.05) is 0 Å². The monoisotopic (exact) mass is 333 g/mol. The topological polar surface area (TPSA) is 153 Å². The molecule has 2 rings (SSSR count). The van der Waals surface area contributed by atoms with E-state index >= 15 is 0 Å². The molecule has 0 aliphatic rings. The van der Waals surface area contributed by atoms with Crippen molar-refractivity contribution in [2.24, 2.45) is 5.84 Å². The number of nitrogens with two attached hydrogens (primary N) is 1. The molecule has 0 atom stereocenters. The van der Waals surface area contributed by atoms with Crippen LogP contribution < -0.4 is 16.0 Å². The maximum absolute atomic E-state index is 12.1. The van der Waals surface area contributed by atoms with Crippen molar-refractivity contribution in [3.63, 3.8) is 0 Å². The molecule has 0 aromatic carbocycles. The fourth-order valence-electron chi connectivity index (χ4n) is 1.44. The summed E-state index contributed by atoms with van der Waals surface area (Å²) in [5, 5.41) is 10.7. The Labute approximate surface area is 123 Å². The summed E-state index contributed by atoms with van der Waals surface area (Å²) in [6, 6.07) is 0.934. The predicted octanol–water partition coefficient (Wildman–Crippen LogP) is 0.717. The van der Waals surface area contributed by atoms with Gasteiger partial charge in [0.2, 0.25) is 5.89 Å². The van der Waals surface area contributed by atoms with Gasteiger partial charge in [-0.3, -0.25) is 10.1 Å². The average molecular weight is 333 g/mol. The summed E-state index contributed by atoms with van der Waals surface area (Å²) in [6.07, 6.45) is 1.45. The lowest BCUT2D eigenvalue weighted by Crippen LogP contribution is -2.22.